The maximum Gasteiger partial charge on any atom is 0.228 e. The van der Waals surface area contributed by atoms with E-state index in [1.807, 2.05) is 18.2 Å². The lowest BCUT2D eigenvalue weighted by molar-refractivity contribution is -0.117. The summed E-state index contributed by atoms with van der Waals surface area (Å²) in [5.41, 5.74) is 2.73. The highest BCUT2D eigenvalue weighted by Crippen LogP contribution is 2.29. The van der Waals surface area contributed by atoms with Crippen LogP contribution in [0.1, 0.15) is 28.8 Å². The van der Waals surface area contributed by atoms with Crippen molar-refractivity contribution < 1.29 is 9.59 Å². The van der Waals surface area contributed by atoms with Gasteiger partial charge in [-0.25, -0.2) is 0 Å². The second-order valence-corrected chi connectivity index (χ2v) is 5.36. The minimum Gasteiger partial charge on any atom is -0.311 e. The van der Waals surface area contributed by atoms with Crippen LogP contribution in [-0.2, 0) is 11.2 Å². The van der Waals surface area contributed by atoms with Gasteiger partial charge in [0.25, 0.3) is 0 Å². The Morgan fingerprint density at radius 3 is 2.76 bits per heavy atom. The topological polar surface area (TPSA) is 37.4 Å². The zero-order valence-corrected chi connectivity index (χ0v) is 10.2. The van der Waals surface area contributed by atoms with Crippen LogP contribution in [0, 0.1) is 0 Å². The van der Waals surface area contributed by atoms with Gasteiger partial charge in [-0.15, -0.1) is 0 Å². The van der Waals surface area contributed by atoms with Gasteiger partial charge in [0.15, 0.2) is 5.78 Å². The molecule has 0 N–H and O–H groups in total. The van der Waals surface area contributed by atoms with Gasteiger partial charge in [0.1, 0.15) is 0 Å². The van der Waals surface area contributed by atoms with Gasteiger partial charge in [0, 0.05) is 35.9 Å². The van der Waals surface area contributed by atoms with Crippen LogP contribution >= 0.6 is 12.6 Å². The first-order valence-electron chi connectivity index (χ1n) is 5.80. The lowest BCUT2D eigenvalue weighted by Gasteiger charge is -2.16. The molecular formula is C13H13NO2S. The molecule has 88 valence electrons. The molecule has 1 aromatic carbocycles. The summed E-state index contributed by atoms with van der Waals surface area (Å²) in [6.07, 6.45) is 1.91. The molecule has 2 aliphatic rings. The average molecular weight is 247 g/mol. The molecule has 1 aliphatic heterocycles. The summed E-state index contributed by atoms with van der Waals surface area (Å²) in [5.74, 6) is 0.284. The summed E-state index contributed by atoms with van der Waals surface area (Å²) in [7, 11) is 0. The lowest BCUT2D eigenvalue weighted by atomic mass is 10.1. The minimum absolute atomic E-state index is 0.0930. The van der Waals surface area contributed by atoms with Crippen molar-refractivity contribution >= 4 is 30.0 Å². The van der Waals surface area contributed by atoms with Gasteiger partial charge in [-0.1, -0.05) is 6.07 Å². The van der Waals surface area contributed by atoms with Crippen LogP contribution in [0.5, 0.6) is 0 Å². The Kier molecular flexibility index (Phi) is 2.47. The van der Waals surface area contributed by atoms with Crippen molar-refractivity contribution in [2.45, 2.75) is 24.5 Å². The Morgan fingerprint density at radius 1 is 1.24 bits per heavy atom. The summed E-state index contributed by atoms with van der Waals surface area (Å²) in [4.78, 5) is 25.1. The molecule has 4 heteroatoms. The van der Waals surface area contributed by atoms with Crippen molar-refractivity contribution in [3.8, 4) is 0 Å². The van der Waals surface area contributed by atoms with Crippen molar-refractivity contribution in [1.29, 1.82) is 0 Å². The molecule has 1 amide bonds. The highest BCUT2D eigenvalue weighted by Gasteiger charge is 2.29. The van der Waals surface area contributed by atoms with E-state index in [1.54, 1.807) is 4.90 Å². The number of nitrogens with zero attached hydrogens (tertiary/aromatic N) is 1. The summed E-state index contributed by atoms with van der Waals surface area (Å²) >= 11 is 4.33. The second kappa shape index (κ2) is 3.88. The van der Waals surface area contributed by atoms with E-state index < -0.39 is 0 Å². The quantitative estimate of drug-likeness (QED) is 0.769. The monoisotopic (exact) mass is 247 g/mol. The standard InChI is InChI=1S/C13H13NO2S/c15-12-4-2-8-1-3-9(5-11(8)12)14-7-10(17)6-13(14)16/h1,3,5,10,17H,2,4,6-7H2. The Morgan fingerprint density at radius 2 is 2.06 bits per heavy atom. The zero-order chi connectivity index (χ0) is 12.0. The van der Waals surface area contributed by atoms with Gasteiger partial charge >= 0.3 is 0 Å². The van der Waals surface area contributed by atoms with Crippen molar-refractivity contribution in [3.63, 3.8) is 0 Å². The first kappa shape index (κ1) is 10.8. The number of carbonyl (C=O) groups excluding carboxylic acids is 2. The molecule has 1 aliphatic carbocycles. The highest BCUT2D eigenvalue weighted by atomic mass is 32.1. The maximum atomic E-state index is 11.8. The number of Topliss-reactive ketones (excluding diaryl/α,β-unsaturated/α-hetero) is 1. The van der Waals surface area contributed by atoms with E-state index in [1.165, 1.54) is 0 Å². The van der Waals surface area contributed by atoms with E-state index in [2.05, 4.69) is 12.6 Å². The molecule has 0 aromatic heterocycles. The molecule has 0 spiro atoms. The second-order valence-electron chi connectivity index (χ2n) is 4.63. The summed E-state index contributed by atoms with van der Waals surface area (Å²) in [6.45, 7) is 0.634. The number of carbonyl (C=O) groups is 2. The van der Waals surface area contributed by atoms with Gasteiger partial charge in [-0.2, -0.15) is 12.6 Å². The molecule has 1 atom stereocenters. The van der Waals surface area contributed by atoms with E-state index in [0.29, 0.717) is 19.4 Å². The average Bonchev–Trinajstić information content (AvgIpc) is 2.83. The van der Waals surface area contributed by atoms with Crippen molar-refractivity contribution in [2.24, 2.45) is 0 Å². The predicted octanol–water partition coefficient (Wildman–Crippen LogP) is 1.85. The van der Waals surface area contributed by atoms with Crippen LogP contribution in [0.3, 0.4) is 0 Å². The van der Waals surface area contributed by atoms with Gasteiger partial charge in [0.2, 0.25) is 5.91 Å². The highest BCUT2D eigenvalue weighted by molar-refractivity contribution is 7.81. The van der Waals surface area contributed by atoms with Gasteiger partial charge < -0.3 is 4.90 Å². The number of aryl methyl sites for hydroxylation is 1. The molecule has 0 bridgehead atoms. The third-order valence-corrected chi connectivity index (χ3v) is 3.78. The van der Waals surface area contributed by atoms with Crippen LogP contribution in [-0.4, -0.2) is 23.5 Å². The lowest BCUT2D eigenvalue weighted by Crippen LogP contribution is -2.24. The van der Waals surface area contributed by atoms with Crippen molar-refractivity contribution in [1.82, 2.24) is 0 Å². The Bertz CT molecular complexity index is 512. The van der Waals surface area contributed by atoms with Gasteiger partial charge in [0.05, 0.1) is 0 Å². The van der Waals surface area contributed by atoms with Crippen LogP contribution in [0.25, 0.3) is 0 Å². The Hall–Kier alpha value is -1.29. The largest absolute Gasteiger partial charge is 0.311 e. The van der Waals surface area contributed by atoms with E-state index in [0.717, 1.165) is 23.2 Å². The van der Waals surface area contributed by atoms with Gasteiger partial charge in [-0.3, -0.25) is 9.59 Å². The Balaban J connectivity index is 1.97. The molecule has 3 nitrogen and oxygen atoms in total. The fraction of sp³-hybridized carbons (Fsp3) is 0.385. The van der Waals surface area contributed by atoms with Crippen molar-refractivity contribution in [2.75, 3.05) is 11.4 Å². The molecule has 1 unspecified atom stereocenters. The molecule has 17 heavy (non-hydrogen) atoms. The molecule has 0 saturated carbocycles. The summed E-state index contributed by atoms with van der Waals surface area (Å²) < 4.78 is 0. The van der Waals surface area contributed by atoms with Gasteiger partial charge in [-0.05, 0) is 24.1 Å². The summed E-state index contributed by atoms with van der Waals surface area (Å²) in [6, 6.07) is 5.75. The van der Waals surface area contributed by atoms with Crippen LogP contribution in [0.15, 0.2) is 18.2 Å². The number of rotatable bonds is 1. The molecule has 1 aromatic rings. The first-order chi connectivity index (χ1) is 8.15. The van der Waals surface area contributed by atoms with E-state index in [-0.39, 0.29) is 16.9 Å². The van der Waals surface area contributed by atoms with Crippen molar-refractivity contribution in [3.05, 3.63) is 29.3 Å². The molecule has 0 radical (unpaired) electrons. The molecule has 1 saturated heterocycles. The van der Waals surface area contributed by atoms with Crippen LogP contribution in [0.2, 0.25) is 0 Å². The minimum atomic E-state index is 0.0930. The normalized spacial score (nSPS) is 23.4. The third kappa shape index (κ3) is 1.76. The maximum absolute atomic E-state index is 11.8. The van der Waals surface area contributed by atoms with Crippen LogP contribution in [0.4, 0.5) is 5.69 Å². The summed E-state index contributed by atoms with van der Waals surface area (Å²) in [5, 5.41) is 0.103. The smallest absolute Gasteiger partial charge is 0.228 e. The van der Waals surface area contributed by atoms with Crippen LogP contribution < -0.4 is 4.90 Å². The number of hydrogen-bond donors (Lipinski definition) is 1. The number of amides is 1. The fourth-order valence-electron chi connectivity index (χ4n) is 2.53. The predicted molar refractivity (Wildman–Crippen MR) is 68.8 cm³/mol. The number of ketones is 1. The first-order valence-corrected chi connectivity index (χ1v) is 6.31. The third-order valence-electron chi connectivity index (χ3n) is 3.43. The number of fused-ring (bicyclic) bond motifs is 1. The number of hydrogen-bond acceptors (Lipinski definition) is 3. The number of anilines is 1. The zero-order valence-electron chi connectivity index (χ0n) is 9.35. The number of benzene rings is 1. The molecular weight excluding hydrogens is 234 g/mol. The van der Waals surface area contributed by atoms with E-state index >= 15 is 0 Å². The number of thiol groups is 1. The van der Waals surface area contributed by atoms with E-state index in [9.17, 15) is 9.59 Å². The fourth-order valence-corrected chi connectivity index (χ4v) is 2.85. The molecule has 1 heterocycles. The SMILES string of the molecule is O=C1CCc2ccc(N3CC(S)CC3=O)cc21. The molecule has 1 fully saturated rings. The van der Waals surface area contributed by atoms with E-state index in [4.69, 9.17) is 0 Å². The molecule has 3 rings (SSSR count). The Labute approximate surface area is 105 Å².